The molecule has 29 heavy (non-hydrogen) atoms. The van der Waals surface area contributed by atoms with E-state index >= 15 is 0 Å². The highest BCUT2D eigenvalue weighted by Gasteiger charge is 2.20. The molecule has 4 rings (SSSR count). The van der Waals surface area contributed by atoms with E-state index in [-0.39, 0.29) is 6.04 Å². The van der Waals surface area contributed by atoms with E-state index in [1.807, 2.05) is 18.2 Å². The third-order valence-electron chi connectivity index (χ3n) is 4.97. The molecular weight excluding hydrogens is 396 g/mol. The van der Waals surface area contributed by atoms with Crippen molar-refractivity contribution in [3.8, 4) is 5.75 Å². The third-order valence-corrected chi connectivity index (χ3v) is 7.01. The van der Waals surface area contributed by atoms with E-state index in [4.69, 9.17) is 9.72 Å². The molecule has 5 heteroatoms. The number of methoxy groups -OCH3 is 1. The van der Waals surface area contributed by atoms with Crippen LogP contribution in [0.5, 0.6) is 5.75 Å². The lowest BCUT2D eigenvalue weighted by Crippen LogP contribution is -2.15. The predicted octanol–water partition coefficient (Wildman–Crippen LogP) is 6.72. The van der Waals surface area contributed by atoms with Crippen LogP contribution >= 0.6 is 23.3 Å². The summed E-state index contributed by atoms with van der Waals surface area (Å²) in [6.45, 7) is 6.37. The van der Waals surface area contributed by atoms with Gasteiger partial charge < -0.3 is 4.74 Å². The Morgan fingerprint density at radius 2 is 2.07 bits per heavy atom. The first-order chi connectivity index (χ1) is 14.1. The summed E-state index contributed by atoms with van der Waals surface area (Å²) in [5, 5.41) is 1.08. The van der Waals surface area contributed by atoms with Crippen molar-refractivity contribution in [2.24, 2.45) is 5.92 Å². The highest BCUT2D eigenvalue weighted by Crippen LogP contribution is 2.35. The van der Waals surface area contributed by atoms with Gasteiger partial charge >= 0.3 is 0 Å². The van der Waals surface area contributed by atoms with Gasteiger partial charge in [0, 0.05) is 4.90 Å². The molecule has 0 saturated carbocycles. The molecule has 0 fully saturated rings. The zero-order chi connectivity index (χ0) is 20.2. The minimum Gasteiger partial charge on any atom is -0.497 e. The Morgan fingerprint density at radius 1 is 1.24 bits per heavy atom. The Bertz CT molecular complexity index is 1070. The van der Waals surface area contributed by atoms with Gasteiger partial charge in [-0.2, -0.15) is 0 Å². The van der Waals surface area contributed by atoms with Crippen molar-refractivity contribution < 1.29 is 4.74 Å². The molecule has 148 valence electrons. The van der Waals surface area contributed by atoms with Crippen molar-refractivity contribution in [1.29, 1.82) is 0 Å². The number of nitrogens with zero attached hydrogens (tertiary/aromatic N) is 1. The topological polar surface area (TPSA) is 34.2 Å². The molecule has 0 bridgehead atoms. The number of aromatic nitrogens is 1. The van der Waals surface area contributed by atoms with Gasteiger partial charge in [0.25, 0.3) is 0 Å². The molecule has 0 radical (unpaired) electrons. The third kappa shape index (κ3) is 4.81. The summed E-state index contributed by atoms with van der Waals surface area (Å²) in [7, 11) is 1.69. The summed E-state index contributed by atoms with van der Waals surface area (Å²) >= 11 is 3.37. The number of fused-ring (bicyclic) bond motifs is 1. The van der Waals surface area contributed by atoms with Gasteiger partial charge in [-0.15, -0.1) is 11.3 Å². The Kier molecular flexibility index (Phi) is 6.19. The predicted molar refractivity (Wildman–Crippen MR) is 124 cm³/mol. The van der Waals surface area contributed by atoms with E-state index in [9.17, 15) is 0 Å². The number of rotatable bonds is 7. The second-order valence-corrected chi connectivity index (χ2v) is 9.09. The van der Waals surface area contributed by atoms with Crippen molar-refractivity contribution in [3.63, 3.8) is 0 Å². The second kappa shape index (κ2) is 8.99. The fourth-order valence-electron chi connectivity index (χ4n) is 3.18. The Morgan fingerprint density at radius 3 is 2.83 bits per heavy atom. The fraction of sp³-hybridized carbons (Fsp3) is 0.208. The van der Waals surface area contributed by atoms with Crippen molar-refractivity contribution >= 4 is 33.5 Å². The van der Waals surface area contributed by atoms with Crippen LogP contribution < -0.4 is 9.46 Å². The quantitative estimate of drug-likeness (QED) is 0.430. The van der Waals surface area contributed by atoms with E-state index < -0.39 is 0 Å². The average Bonchev–Trinajstić information content (AvgIpc) is 3.17. The standard InChI is InChI=1S/C24H24N2OS2/c1-16-9-10-18(13-17(16)2)14-22(26-29-20-7-5-4-6-8-20)24-25-21-12-11-19(27-3)15-23(21)28-24/h4-13,15-16,22,26H,2,14H2,1,3H3. The number of thiazole rings is 1. The lowest BCUT2D eigenvalue weighted by atomic mass is 9.91. The van der Waals surface area contributed by atoms with Gasteiger partial charge in [-0.3, -0.25) is 0 Å². The lowest BCUT2D eigenvalue weighted by Gasteiger charge is -2.20. The van der Waals surface area contributed by atoms with Crippen LogP contribution in [0.15, 0.2) is 89.4 Å². The van der Waals surface area contributed by atoms with Crippen molar-refractivity contribution in [3.05, 3.63) is 89.5 Å². The highest BCUT2D eigenvalue weighted by molar-refractivity contribution is 7.97. The summed E-state index contributed by atoms with van der Waals surface area (Å²) in [5.41, 5.74) is 3.44. The summed E-state index contributed by atoms with van der Waals surface area (Å²) in [4.78, 5) is 6.10. The van der Waals surface area contributed by atoms with Crippen LogP contribution in [0.3, 0.4) is 0 Å². The van der Waals surface area contributed by atoms with E-state index in [1.165, 1.54) is 10.5 Å². The van der Waals surface area contributed by atoms with Crippen LogP contribution in [0.2, 0.25) is 0 Å². The molecule has 0 saturated heterocycles. The summed E-state index contributed by atoms with van der Waals surface area (Å²) < 4.78 is 10.2. The zero-order valence-corrected chi connectivity index (χ0v) is 18.2. The molecule has 2 atom stereocenters. The monoisotopic (exact) mass is 420 g/mol. The fourth-order valence-corrected chi connectivity index (χ4v) is 5.07. The van der Waals surface area contributed by atoms with Gasteiger partial charge in [0.05, 0.1) is 23.4 Å². The molecule has 3 nitrogen and oxygen atoms in total. The maximum atomic E-state index is 5.37. The molecule has 1 N–H and O–H groups in total. The van der Waals surface area contributed by atoms with Crippen LogP contribution in [-0.4, -0.2) is 12.1 Å². The molecule has 0 spiro atoms. The molecule has 1 aromatic heterocycles. The van der Waals surface area contributed by atoms with E-state index in [2.05, 4.69) is 66.8 Å². The van der Waals surface area contributed by atoms with Crippen LogP contribution in [0.4, 0.5) is 0 Å². The molecule has 2 unspecified atom stereocenters. The molecule has 2 aromatic carbocycles. The molecule has 3 aromatic rings. The maximum absolute atomic E-state index is 5.37. The van der Waals surface area contributed by atoms with Crippen LogP contribution in [0.1, 0.15) is 24.4 Å². The SMILES string of the molecule is C=C1C=C(CC(NSc2ccccc2)c2nc3ccc(OC)cc3s2)C=CC1C. The van der Waals surface area contributed by atoms with Crippen LogP contribution in [0.25, 0.3) is 10.2 Å². The average molecular weight is 421 g/mol. The number of ether oxygens (including phenoxy) is 1. The first-order valence-corrected chi connectivity index (χ1v) is 11.2. The van der Waals surface area contributed by atoms with Gasteiger partial charge in [0.1, 0.15) is 10.8 Å². The minimum atomic E-state index is 0.0979. The number of allylic oxidation sites excluding steroid dienone is 4. The number of hydrogen-bond donors (Lipinski definition) is 1. The Hall–Kier alpha value is -2.34. The zero-order valence-electron chi connectivity index (χ0n) is 16.6. The smallest absolute Gasteiger partial charge is 0.120 e. The molecule has 1 aliphatic rings. The van der Waals surface area contributed by atoms with Crippen LogP contribution in [-0.2, 0) is 0 Å². The molecule has 0 amide bonds. The normalized spacial score (nSPS) is 17.4. The minimum absolute atomic E-state index is 0.0979. The Labute approximate surface area is 180 Å². The number of benzene rings is 2. The summed E-state index contributed by atoms with van der Waals surface area (Å²) in [5.74, 6) is 1.26. The van der Waals surface area contributed by atoms with Gasteiger partial charge in [-0.05, 0) is 65.8 Å². The summed E-state index contributed by atoms with van der Waals surface area (Å²) in [6.07, 6.45) is 7.52. The highest BCUT2D eigenvalue weighted by atomic mass is 32.2. The van der Waals surface area contributed by atoms with E-state index in [0.29, 0.717) is 5.92 Å². The van der Waals surface area contributed by atoms with E-state index in [0.717, 1.165) is 33.0 Å². The molecule has 0 aliphatic heterocycles. The largest absolute Gasteiger partial charge is 0.497 e. The summed E-state index contributed by atoms with van der Waals surface area (Å²) in [6, 6.07) is 16.5. The van der Waals surface area contributed by atoms with Crippen molar-refractivity contribution in [2.45, 2.75) is 24.3 Å². The van der Waals surface area contributed by atoms with Crippen molar-refractivity contribution in [2.75, 3.05) is 7.11 Å². The number of hydrogen-bond acceptors (Lipinski definition) is 5. The van der Waals surface area contributed by atoms with Crippen molar-refractivity contribution in [1.82, 2.24) is 9.71 Å². The lowest BCUT2D eigenvalue weighted by molar-refractivity contribution is 0.415. The number of nitrogens with one attached hydrogen (secondary N) is 1. The maximum Gasteiger partial charge on any atom is 0.120 e. The Balaban J connectivity index is 1.61. The van der Waals surface area contributed by atoms with E-state index in [1.54, 1.807) is 30.4 Å². The second-order valence-electron chi connectivity index (χ2n) is 7.12. The van der Waals surface area contributed by atoms with Gasteiger partial charge in [0.2, 0.25) is 0 Å². The molecular formula is C24H24N2OS2. The van der Waals surface area contributed by atoms with Crippen LogP contribution in [0, 0.1) is 5.92 Å². The molecule has 1 aliphatic carbocycles. The first kappa shape index (κ1) is 20.0. The first-order valence-electron chi connectivity index (χ1n) is 9.62. The molecule has 1 heterocycles. The van der Waals surface area contributed by atoms with Gasteiger partial charge in [-0.1, -0.05) is 49.9 Å². The van der Waals surface area contributed by atoms with Gasteiger partial charge in [0.15, 0.2) is 0 Å². The van der Waals surface area contributed by atoms with Gasteiger partial charge in [-0.25, -0.2) is 9.71 Å².